The first-order valence-corrected chi connectivity index (χ1v) is 8.22. The Morgan fingerprint density at radius 3 is 2.05 bits per heavy atom. The number of ketones is 1. The second-order valence-electron chi connectivity index (χ2n) is 5.38. The van der Waals surface area contributed by atoms with Crippen molar-refractivity contribution in [3.63, 3.8) is 0 Å². The van der Waals surface area contributed by atoms with Crippen LogP contribution in [0.5, 0.6) is 0 Å². The van der Waals surface area contributed by atoms with E-state index in [4.69, 9.17) is 0 Å². The molecule has 0 radical (unpaired) electrons. The Hall–Kier alpha value is -1.24. The smallest absolute Gasteiger partial charge is 0.290 e. The van der Waals surface area contributed by atoms with Crippen LogP contribution in [-0.4, -0.2) is 12.0 Å². The van der Waals surface area contributed by atoms with Crippen LogP contribution in [0.15, 0.2) is 12.2 Å². The molecule has 0 aromatic carbocycles. The lowest BCUT2D eigenvalue weighted by Gasteiger charge is -2.04. The molecule has 0 aliphatic rings. The summed E-state index contributed by atoms with van der Waals surface area (Å²) < 4.78 is 35.9. The highest BCUT2D eigenvalue weighted by atomic mass is 19.4. The second kappa shape index (κ2) is 13.4. The van der Waals surface area contributed by atoms with Crippen LogP contribution < -0.4 is 0 Å². The van der Waals surface area contributed by atoms with E-state index in [1.165, 1.54) is 0 Å². The highest BCUT2D eigenvalue weighted by molar-refractivity contribution is 5.83. The summed E-state index contributed by atoms with van der Waals surface area (Å²) in [6.07, 6.45) is 8.35. The summed E-state index contributed by atoms with van der Waals surface area (Å²) in [5.74, 6) is 4.50. The molecule has 0 aliphatic carbocycles. The first-order valence-electron chi connectivity index (χ1n) is 8.22. The van der Waals surface area contributed by atoms with Crippen LogP contribution in [0.25, 0.3) is 0 Å². The molecule has 0 aliphatic heterocycles. The summed E-state index contributed by atoms with van der Waals surface area (Å²) in [5, 5.41) is 0. The monoisotopic (exact) mass is 316 g/mol. The average molecular weight is 316 g/mol. The summed E-state index contributed by atoms with van der Waals surface area (Å²) in [7, 11) is 0. The molecule has 4 heteroatoms. The molecule has 0 fully saturated rings. The molecule has 0 saturated carbocycles. The van der Waals surface area contributed by atoms with Gasteiger partial charge in [0.2, 0.25) is 5.78 Å². The minimum absolute atomic E-state index is 0.346. The maximum atomic E-state index is 12.0. The molecule has 0 aromatic rings. The number of Topliss-reactive ketones (excluding diaryl/α,β-unsaturated/α-hetero) is 1. The van der Waals surface area contributed by atoms with Gasteiger partial charge in [0.15, 0.2) is 0 Å². The topological polar surface area (TPSA) is 17.1 Å². The van der Waals surface area contributed by atoms with Crippen molar-refractivity contribution in [3.05, 3.63) is 12.2 Å². The summed E-state index contributed by atoms with van der Waals surface area (Å²) in [4.78, 5) is 10.6. The molecular weight excluding hydrogens is 289 g/mol. The third kappa shape index (κ3) is 13.7. The van der Waals surface area contributed by atoms with Crippen LogP contribution in [-0.2, 0) is 4.79 Å². The molecule has 1 nitrogen and oxygen atoms in total. The molecule has 0 bridgehead atoms. The SMILES string of the molecule is CC/C=C\C#CCCCCCCCCCCC(=O)C(F)(F)F. The molecule has 0 atom stereocenters. The van der Waals surface area contributed by atoms with Crippen LogP contribution >= 0.6 is 0 Å². The fourth-order valence-electron chi connectivity index (χ4n) is 2.01. The van der Waals surface area contributed by atoms with Gasteiger partial charge in [0, 0.05) is 12.8 Å². The van der Waals surface area contributed by atoms with Gasteiger partial charge in [-0.05, 0) is 25.3 Å². The van der Waals surface area contributed by atoms with Gasteiger partial charge >= 0.3 is 6.18 Å². The van der Waals surface area contributed by atoms with E-state index in [1.807, 2.05) is 12.2 Å². The van der Waals surface area contributed by atoms with E-state index >= 15 is 0 Å². The van der Waals surface area contributed by atoms with Gasteiger partial charge in [-0.2, -0.15) is 13.2 Å². The van der Waals surface area contributed by atoms with Gasteiger partial charge in [-0.3, -0.25) is 4.79 Å². The van der Waals surface area contributed by atoms with Crippen LogP contribution in [0.1, 0.15) is 77.6 Å². The Labute approximate surface area is 132 Å². The zero-order valence-corrected chi connectivity index (χ0v) is 13.5. The molecule has 126 valence electrons. The molecule has 0 amide bonds. The Kier molecular flexibility index (Phi) is 12.7. The Balaban J connectivity index is 3.29. The Morgan fingerprint density at radius 2 is 1.50 bits per heavy atom. The van der Waals surface area contributed by atoms with E-state index in [-0.39, 0.29) is 6.42 Å². The fourth-order valence-corrected chi connectivity index (χ4v) is 2.01. The van der Waals surface area contributed by atoms with Crippen molar-refractivity contribution in [3.8, 4) is 11.8 Å². The van der Waals surface area contributed by atoms with Gasteiger partial charge in [-0.15, -0.1) is 0 Å². The lowest BCUT2D eigenvalue weighted by atomic mass is 10.1. The number of carbonyl (C=O) groups is 1. The lowest BCUT2D eigenvalue weighted by molar-refractivity contribution is -0.171. The molecule has 0 heterocycles. The van der Waals surface area contributed by atoms with Gasteiger partial charge in [0.1, 0.15) is 0 Å². The number of rotatable bonds is 11. The third-order valence-electron chi connectivity index (χ3n) is 3.31. The minimum Gasteiger partial charge on any atom is -0.290 e. The largest absolute Gasteiger partial charge is 0.449 e. The number of carbonyl (C=O) groups excluding carboxylic acids is 1. The van der Waals surface area contributed by atoms with Crippen molar-refractivity contribution >= 4 is 5.78 Å². The van der Waals surface area contributed by atoms with Gasteiger partial charge < -0.3 is 0 Å². The maximum Gasteiger partial charge on any atom is 0.449 e. The fraction of sp³-hybridized carbons (Fsp3) is 0.722. The number of alkyl halides is 3. The van der Waals surface area contributed by atoms with E-state index in [9.17, 15) is 18.0 Å². The van der Waals surface area contributed by atoms with Gasteiger partial charge in [-0.1, -0.05) is 63.4 Å². The first-order chi connectivity index (χ1) is 10.5. The van der Waals surface area contributed by atoms with Crippen LogP contribution in [0.4, 0.5) is 13.2 Å². The number of hydrogen-bond donors (Lipinski definition) is 0. The van der Waals surface area contributed by atoms with E-state index < -0.39 is 12.0 Å². The van der Waals surface area contributed by atoms with Gasteiger partial charge in [0.25, 0.3) is 0 Å². The molecule has 22 heavy (non-hydrogen) atoms. The number of unbranched alkanes of at least 4 members (excludes halogenated alkanes) is 8. The summed E-state index contributed by atoms with van der Waals surface area (Å²) in [6, 6.07) is 0. The molecule has 0 spiro atoms. The zero-order chi connectivity index (χ0) is 16.7. The summed E-state index contributed by atoms with van der Waals surface area (Å²) >= 11 is 0. The normalized spacial score (nSPS) is 11.5. The molecule has 0 saturated heterocycles. The molecular formula is C18H27F3O. The summed E-state index contributed by atoms with van der Waals surface area (Å²) in [6.45, 7) is 2.08. The molecule has 0 unspecified atom stereocenters. The van der Waals surface area contributed by atoms with Crippen LogP contribution in [0, 0.1) is 11.8 Å². The minimum atomic E-state index is -4.66. The Morgan fingerprint density at radius 1 is 0.955 bits per heavy atom. The Bertz CT molecular complexity index is 372. The predicted octanol–water partition coefficient (Wildman–Crippen LogP) is 5.99. The number of halogens is 3. The molecule has 0 aromatic heterocycles. The lowest BCUT2D eigenvalue weighted by Crippen LogP contribution is -2.22. The van der Waals surface area contributed by atoms with Crippen molar-refractivity contribution in [1.29, 1.82) is 0 Å². The van der Waals surface area contributed by atoms with Crippen LogP contribution in [0.3, 0.4) is 0 Å². The van der Waals surface area contributed by atoms with E-state index in [0.717, 1.165) is 51.4 Å². The average Bonchev–Trinajstić information content (AvgIpc) is 2.46. The molecule has 0 rings (SSSR count). The van der Waals surface area contributed by atoms with Crippen LogP contribution in [0.2, 0.25) is 0 Å². The second-order valence-corrected chi connectivity index (χ2v) is 5.38. The van der Waals surface area contributed by atoms with Crippen molar-refractivity contribution in [2.75, 3.05) is 0 Å². The van der Waals surface area contributed by atoms with Gasteiger partial charge in [-0.25, -0.2) is 0 Å². The zero-order valence-electron chi connectivity index (χ0n) is 13.5. The van der Waals surface area contributed by atoms with Gasteiger partial charge in [0.05, 0.1) is 0 Å². The van der Waals surface area contributed by atoms with E-state index in [1.54, 1.807) is 0 Å². The van der Waals surface area contributed by atoms with E-state index in [2.05, 4.69) is 18.8 Å². The van der Waals surface area contributed by atoms with Crippen molar-refractivity contribution in [2.24, 2.45) is 0 Å². The maximum absolute atomic E-state index is 12.0. The van der Waals surface area contributed by atoms with Crippen molar-refractivity contribution in [2.45, 2.75) is 83.7 Å². The number of allylic oxidation sites excluding steroid dienone is 2. The summed E-state index contributed by atoms with van der Waals surface area (Å²) in [5.41, 5.74) is 0. The molecule has 0 N–H and O–H groups in total. The first kappa shape index (κ1) is 20.8. The highest BCUT2D eigenvalue weighted by Crippen LogP contribution is 2.20. The quantitative estimate of drug-likeness (QED) is 0.338. The highest BCUT2D eigenvalue weighted by Gasteiger charge is 2.36. The van der Waals surface area contributed by atoms with E-state index in [0.29, 0.717) is 12.8 Å². The number of hydrogen-bond acceptors (Lipinski definition) is 1. The predicted molar refractivity (Wildman–Crippen MR) is 84.4 cm³/mol. The van der Waals surface area contributed by atoms with Crippen molar-refractivity contribution < 1.29 is 18.0 Å². The van der Waals surface area contributed by atoms with Crippen molar-refractivity contribution in [1.82, 2.24) is 0 Å². The standard InChI is InChI=1S/C18H27F3O/c1-2-3-4-5-6-7-8-9-10-11-12-13-14-15-16-17(22)18(19,20)21/h3-4H,2,7-16H2,1H3/b4-3-. The third-order valence-corrected chi connectivity index (χ3v) is 3.31.